The standard InChI is InChI=1S/C14H30N2O3S/c1-12(2)15-8-5-6-10-20(17,18)16-13-7-9-19-14(3,4)11-13/h12-13,15-16H,5-11H2,1-4H3. The van der Waals surface area contributed by atoms with Crippen LogP contribution in [0.1, 0.15) is 53.4 Å². The summed E-state index contributed by atoms with van der Waals surface area (Å²) in [5.41, 5.74) is -0.230. The van der Waals surface area contributed by atoms with Gasteiger partial charge in [0, 0.05) is 18.7 Å². The Morgan fingerprint density at radius 1 is 1.30 bits per heavy atom. The second-order valence-electron chi connectivity index (χ2n) is 6.55. The Bertz CT molecular complexity index is 380. The molecule has 1 saturated heterocycles. The molecule has 1 unspecified atom stereocenters. The fraction of sp³-hybridized carbons (Fsp3) is 1.00. The van der Waals surface area contributed by atoms with Crippen LogP contribution in [0.2, 0.25) is 0 Å². The molecule has 1 rings (SSSR count). The minimum Gasteiger partial charge on any atom is -0.375 e. The van der Waals surface area contributed by atoms with E-state index < -0.39 is 10.0 Å². The van der Waals surface area contributed by atoms with Crippen molar-refractivity contribution in [3.63, 3.8) is 0 Å². The zero-order valence-corrected chi connectivity index (χ0v) is 14.1. The van der Waals surface area contributed by atoms with E-state index in [2.05, 4.69) is 23.9 Å². The quantitative estimate of drug-likeness (QED) is 0.669. The van der Waals surface area contributed by atoms with Crippen LogP contribution in [0.3, 0.4) is 0 Å². The Labute approximate surface area is 123 Å². The van der Waals surface area contributed by atoms with Crippen molar-refractivity contribution in [3.8, 4) is 0 Å². The van der Waals surface area contributed by atoms with E-state index in [-0.39, 0.29) is 17.4 Å². The van der Waals surface area contributed by atoms with Crippen molar-refractivity contribution in [2.24, 2.45) is 0 Å². The topological polar surface area (TPSA) is 67.4 Å². The van der Waals surface area contributed by atoms with E-state index in [1.807, 2.05) is 13.8 Å². The number of unbranched alkanes of at least 4 members (excludes halogenated alkanes) is 1. The monoisotopic (exact) mass is 306 g/mol. The first-order valence-electron chi connectivity index (χ1n) is 7.57. The van der Waals surface area contributed by atoms with E-state index >= 15 is 0 Å². The minimum absolute atomic E-state index is 0.0116. The SMILES string of the molecule is CC(C)NCCCCS(=O)(=O)NC1CCOC(C)(C)C1. The zero-order valence-electron chi connectivity index (χ0n) is 13.2. The first-order chi connectivity index (χ1) is 9.20. The number of nitrogens with one attached hydrogen (secondary N) is 2. The van der Waals surface area contributed by atoms with Crippen LogP contribution in [0.15, 0.2) is 0 Å². The van der Waals surface area contributed by atoms with Gasteiger partial charge in [0.15, 0.2) is 0 Å². The molecule has 5 nitrogen and oxygen atoms in total. The highest BCUT2D eigenvalue weighted by molar-refractivity contribution is 7.89. The highest BCUT2D eigenvalue weighted by Gasteiger charge is 2.30. The summed E-state index contributed by atoms with van der Waals surface area (Å²) in [7, 11) is -3.17. The summed E-state index contributed by atoms with van der Waals surface area (Å²) in [6.45, 7) is 9.68. The molecule has 1 heterocycles. The predicted octanol–water partition coefficient (Wildman–Crippen LogP) is 1.64. The highest BCUT2D eigenvalue weighted by Crippen LogP contribution is 2.24. The molecule has 2 N–H and O–H groups in total. The molecule has 1 fully saturated rings. The summed E-state index contributed by atoms with van der Waals surface area (Å²) < 4.78 is 32.5. The van der Waals surface area contributed by atoms with Crippen LogP contribution in [0, 0.1) is 0 Å². The molecule has 0 aromatic carbocycles. The molecule has 0 bridgehead atoms. The molecular weight excluding hydrogens is 276 g/mol. The van der Waals surface area contributed by atoms with Gasteiger partial charge in [0.1, 0.15) is 0 Å². The van der Waals surface area contributed by atoms with Crippen LogP contribution < -0.4 is 10.0 Å². The third-order valence-electron chi connectivity index (χ3n) is 3.44. The summed E-state index contributed by atoms with van der Waals surface area (Å²) in [4.78, 5) is 0. The normalized spacial score (nSPS) is 23.1. The first-order valence-corrected chi connectivity index (χ1v) is 9.23. The third-order valence-corrected chi connectivity index (χ3v) is 4.95. The average molecular weight is 306 g/mol. The lowest BCUT2D eigenvalue weighted by Gasteiger charge is -2.35. The fourth-order valence-electron chi connectivity index (χ4n) is 2.45. The maximum atomic E-state index is 12.0. The lowest BCUT2D eigenvalue weighted by molar-refractivity contribution is -0.0599. The average Bonchev–Trinajstić information content (AvgIpc) is 2.25. The first kappa shape index (κ1) is 17.9. The maximum absolute atomic E-state index is 12.0. The molecule has 0 saturated carbocycles. The van der Waals surface area contributed by atoms with Gasteiger partial charge in [-0.1, -0.05) is 13.8 Å². The molecule has 20 heavy (non-hydrogen) atoms. The van der Waals surface area contributed by atoms with E-state index in [1.165, 1.54) is 0 Å². The molecule has 0 spiro atoms. The summed E-state index contributed by atoms with van der Waals surface area (Å²) in [6, 6.07) is 0.465. The molecule has 0 amide bonds. The van der Waals surface area contributed by atoms with Gasteiger partial charge < -0.3 is 10.1 Å². The van der Waals surface area contributed by atoms with Crippen LogP contribution in [-0.2, 0) is 14.8 Å². The van der Waals surface area contributed by atoms with E-state index in [1.54, 1.807) is 0 Å². The van der Waals surface area contributed by atoms with Gasteiger partial charge in [0.2, 0.25) is 10.0 Å². The Kier molecular flexibility index (Phi) is 6.91. The van der Waals surface area contributed by atoms with Crippen molar-refractivity contribution in [2.45, 2.75) is 71.1 Å². The van der Waals surface area contributed by atoms with Crippen molar-refractivity contribution < 1.29 is 13.2 Å². The molecule has 0 aliphatic carbocycles. The molecule has 0 aromatic heterocycles. The molecule has 1 aliphatic rings. The molecule has 0 radical (unpaired) electrons. The van der Waals surface area contributed by atoms with Gasteiger partial charge in [-0.15, -0.1) is 0 Å². The van der Waals surface area contributed by atoms with E-state index in [0.29, 0.717) is 19.1 Å². The maximum Gasteiger partial charge on any atom is 0.211 e. The van der Waals surface area contributed by atoms with E-state index in [0.717, 1.165) is 25.8 Å². The van der Waals surface area contributed by atoms with Gasteiger partial charge in [-0.3, -0.25) is 0 Å². The van der Waals surface area contributed by atoms with Crippen LogP contribution in [0.25, 0.3) is 0 Å². The van der Waals surface area contributed by atoms with E-state index in [4.69, 9.17) is 4.74 Å². The molecule has 1 aliphatic heterocycles. The van der Waals surface area contributed by atoms with E-state index in [9.17, 15) is 8.42 Å². The van der Waals surface area contributed by atoms with Gasteiger partial charge in [-0.2, -0.15) is 0 Å². The van der Waals surface area contributed by atoms with Crippen molar-refractivity contribution in [1.29, 1.82) is 0 Å². The van der Waals surface area contributed by atoms with Crippen LogP contribution in [-0.4, -0.2) is 45.0 Å². The Hall–Kier alpha value is -0.170. The second kappa shape index (κ2) is 7.73. The number of sulfonamides is 1. The Morgan fingerprint density at radius 3 is 2.60 bits per heavy atom. The van der Waals surface area contributed by atoms with Gasteiger partial charge in [0.25, 0.3) is 0 Å². The Morgan fingerprint density at radius 2 is 2.00 bits per heavy atom. The van der Waals surface area contributed by atoms with Gasteiger partial charge in [0.05, 0.1) is 11.4 Å². The summed E-state index contributed by atoms with van der Waals surface area (Å²) in [6.07, 6.45) is 3.08. The number of rotatable bonds is 8. The minimum atomic E-state index is -3.17. The van der Waals surface area contributed by atoms with Gasteiger partial charge >= 0.3 is 0 Å². The fourth-order valence-corrected chi connectivity index (χ4v) is 3.86. The molecular formula is C14H30N2O3S. The smallest absolute Gasteiger partial charge is 0.211 e. The molecule has 6 heteroatoms. The van der Waals surface area contributed by atoms with Crippen molar-refractivity contribution >= 4 is 10.0 Å². The molecule has 0 aromatic rings. The van der Waals surface area contributed by atoms with Crippen LogP contribution >= 0.6 is 0 Å². The predicted molar refractivity (Wildman–Crippen MR) is 82.3 cm³/mol. The Balaban J connectivity index is 2.27. The largest absolute Gasteiger partial charge is 0.375 e. The van der Waals surface area contributed by atoms with Crippen molar-refractivity contribution in [2.75, 3.05) is 18.9 Å². The molecule has 120 valence electrons. The van der Waals surface area contributed by atoms with Crippen molar-refractivity contribution in [1.82, 2.24) is 10.0 Å². The number of hydrogen-bond acceptors (Lipinski definition) is 4. The van der Waals surface area contributed by atoms with Gasteiger partial charge in [-0.25, -0.2) is 13.1 Å². The highest BCUT2D eigenvalue weighted by atomic mass is 32.2. The second-order valence-corrected chi connectivity index (χ2v) is 8.42. The number of hydrogen-bond donors (Lipinski definition) is 2. The summed E-state index contributed by atoms with van der Waals surface area (Å²) in [5, 5.41) is 3.29. The van der Waals surface area contributed by atoms with Crippen molar-refractivity contribution in [3.05, 3.63) is 0 Å². The summed E-state index contributed by atoms with van der Waals surface area (Å²) in [5.74, 6) is 0.213. The van der Waals surface area contributed by atoms with Crippen LogP contribution in [0.5, 0.6) is 0 Å². The lowest BCUT2D eigenvalue weighted by Crippen LogP contribution is -2.46. The summed E-state index contributed by atoms with van der Waals surface area (Å²) >= 11 is 0. The lowest BCUT2D eigenvalue weighted by atomic mass is 9.95. The van der Waals surface area contributed by atoms with Crippen LogP contribution in [0.4, 0.5) is 0 Å². The molecule has 1 atom stereocenters. The number of ether oxygens (including phenoxy) is 1. The van der Waals surface area contributed by atoms with Gasteiger partial charge in [-0.05, 0) is 46.1 Å². The zero-order chi connectivity index (χ0) is 15.2. The third kappa shape index (κ3) is 7.57.